The van der Waals surface area contributed by atoms with Gasteiger partial charge in [0.1, 0.15) is 5.41 Å². The molecule has 1 atom stereocenters. The lowest BCUT2D eigenvalue weighted by Gasteiger charge is -2.23. The van der Waals surface area contributed by atoms with Gasteiger partial charge in [-0.1, -0.05) is 17.7 Å². The van der Waals surface area contributed by atoms with Gasteiger partial charge in [0.05, 0.1) is 6.10 Å². The molecule has 2 N–H and O–H groups in total. The number of nitrogens with one attached hydrogen (secondary N) is 2. The van der Waals surface area contributed by atoms with Crippen molar-refractivity contribution in [2.45, 2.75) is 39.7 Å². The maximum absolute atomic E-state index is 12.4. The van der Waals surface area contributed by atoms with E-state index in [9.17, 15) is 9.59 Å². The fraction of sp³-hybridized carbons (Fsp3) is 0.529. The topological polar surface area (TPSA) is 67.4 Å². The van der Waals surface area contributed by atoms with Crippen molar-refractivity contribution in [3.8, 4) is 0 Å². The minimum atomic E-state index is -1.18. The summed E-state index contributed by atoms with van der Waals surface area (Å²) in [6, 6.07) is 5.26. The Kier molecular flexibility index (Phi) is 5.65. The van der Waals surface area contributed by atoms with Crippen LogP contribution in [-0.4, -0.2) is 31.1 Å². The van der Waals surface area contributed by atoms with Crippen LogP contribution < -0.4 is 10.6 Å². The summed E-state index contributed by atoms with van der Waals surface area (Å²) in [6.07, 6.45) is 2.00. The predicted octanol–water partition coefficient (Wildman–Crippen LogP) is 2.91. The van der Waals surface area contributed by atoms with Crippen LogP contribution in [0.25, 0.3) is 0 Å². The Morgan fingerprint density at radius 1 is 1.35 bits per heavy atom. The zero-order chi connectivity index (χ0) is 17.0. The minimum Gasteiger partial charge on any atom is -0.376 e. The zero-order valence-electron chi connectivity index (χ0n) is 13.7. The first-order valence-electron chi connectivity index (χ1n) is 7.78. The Balaban J connectivity index is 1.94. The molecule has 126 valence electrons. The van der Waals surface area contributed by atoms with Gasteiger partial charge in [-0.15, -0.1) is 0 Å². The highest BCUT2D eigenvalue weighted by atomic mass is 35.5. The fourth-order valence-electron chi connectivity index (χ4n) is 2.29. The van der Waals surface area contributed by atoms with Crippen molar-refractivity contribution in [1.29, 1.82) is 0 Å². The number of carbonyl (C=O) groups excluding carboxylic acids is 2. The average molecular weight is 339 g/mol. The highest BCUT2D eigenvalue weighted by Crippen LogP contribution is 2.23. The van der Waals surface area contributed by atoms with Crippen LogP contribution in [0.4, 0.5) is 5.69 Å². The molecule has 1 aliphatic rings. The minimum absolute atomic E-state index is 0.0497. The summed E-state index contributed by atoms with van der Waals surface area (Å²) >= 11 is 6.05. The second kappa shape index (κ2) is 7.32. The number of hydrogen-bond donors (Lipinski definition) is 2. The molecule has 1 heterocycles. The lowest BCUT2D eigenvalue weighted by molar-refractivity contribution is -0.138. The average Bonchev–Trinajstić information content (AvgIpc) is 3.01. The molecule has 1 fully saturated rings. The number of ether oxygens (including phenoxy) is 1. The highest BCUT2D eigenvalue weighted by molar-refractivity contribution is 6.31. The summed E-state index contributed by atoms with van der Waals surface area (Å²) in [7, 11) is 0. The second-order valence-electron chi connectivity index (χ2n) is 6.39. The van der Waals surface area contributed by atoms with Gasteiger partial charge in [0.15, 0.2) is 0 Å². The van der Waals surface area contributed by atoms with Crippen molar-refractivity contribution >= 4 is 29.1 Å². The van der Waals surface area contributed by atoms with Gasteiger partial charge in [0.2, 0.25) is 11.8 Å². The zero-order valence-corrected chi connectivity index (χ0v) is 14.5. The first kappa shape index (κ1) is 17.8. The molecule has 2 amide bonds. The Morgan fingerprint density at radius 2 is 2.09 bits per heavy atom. The largest absolute Gasteiger partial charge is 0.376 e. The fourth-order valence-corrected chi connectivity index (χ4v) is 2.47. The Labute approximate surface area is 141 Å². The van der Waals surface area contributed by atoms with E-state index in [1.807, 2.05) is 13.0 Å². The molecule has 0 aromatic heterocycles. The third-order valence-electron chi connectivity index (χ3n) is 4.08. The van der Waals surface area contributed by atoms with E-state index < -0.39 is 5.41 Å². The molecular weight excluding hydrogens is 316 g/mol. The van der Waals surface area contributed by atoms with Crippen LogP contribution in [0.2, 0.25) is 5.02 Å². The standard InChI is InChI=1S/C17H23ClN2O3/c1-11-6-7-12(9-14(11)18)20-16(22)17(2,3)15(21)19-10-13-5-4-8-23-13/h6-7,9,13H,4-5,8,10H2,1-3H3,(H,19,21)(H,20,22). The van der Waals surface area contributed by atoms with E-state index in [1.54, 1.807) is 26.0 Å². The number of carbonyl (C=O) groups is 2. The highest BCUT2D eigenvalue weighted by Gasteiger charge is 2.36. The maximum atomic E-state index is 12.4. The van der Waals surface area contributed by atoms with Gasteiger partial charge in [-0.25, -0.2) is 0 Å². The molecule has 23 heavy (non-hydrogen) atoms. The molecule has 1 aliphatic heterocycles. The molecular formula is C17H23ClN2O3. The van der Waals surface area contributed by atoms with Gasteiger partial charge in [0.25, 0.3) is 0 Å². The third kappa shape index (κ3) is 4.45. The first-order valence-corrected chi connectivity index (χ1v) is 8.16. The molecule has 0 aliphatic carbocycles. The maximum Gasteiger partial charge on any atom is 0.239 e. The smallest absolute Gasteiger partial charge is 0.239 e. The molecule has 1 aromatic rings. The monoisotopic (exact) mass is 338 g/mol. The molecule has 0 spiro atoms. The second-order valence-corrected chi connectivity index (χ2v) is 6.80. The summed E-state index contributed by atoms with van der Waals surface area (Å²) in [4.78, 5) is 24.7. The molecule has 5 nitrogen and oxygen atoms in total. The number of aryl methyl sites for hydroxylation is 1. The number of benzene rings is 1. The normalized spacial score (nSPS) is 17.8. The SMILES string of the molecule is Cc1ccc(NC(=O)C(C)(C)C(=O)NCC2CCCO2)cc1Cl. The van der Waals surface area contributed by atoms with Gasteiger partial charge < -0.3 is 15.4 Å². The van der Waals surface area contributed by atoms with Crippen LogP contribution in [0.15, 0.2) is 18.2 Å². The molecule has 2 rings (SSSR count). The Morgan fingerprint density at radius 3 is 2.70 bits per heavy atom. The first-order chi connectivity index (χ1) is 10.8. The van der Waals surface area contributed by atoms with Gasteiger partial charge in [-0.05, 0) is 51.3 Å². The predicted molar refractivity (Wildman–Crippen MR) is 90.6 cm³/mol. The van der Waals surface area contributed by atoms with E-state index in [0.29, 0.717) is 17.3 Å². The number of rotatable bonds is 5. The molecule has 6 heteroatoms. The van der Waals surface area contributed by atoms with Crippen LogP contribution in [0, 0.1) is 12.3 Å². The van der Waals surface area contributed by atoms with E-state index >= 15 is 0 Å². The van der Waals surface area contributed by atoms with Gasteiger partial charge in [-0.3, -0.25) is 9.59 Å². The quantitative estimate of drug-likeness (QED) is 0.811. The van der Waals surface area contributed by atoms with E-state index in [1.165, 1.54) is 0 Å². The molecule has 1 aromatic carbocycles. The van der Waals surface area contributed by atoms with Gasteiger partial charge in [0, 0.05) is 23.9 Å². The van der Waals surface area contributed by atoms with Gasteiger partial charge >= 0.3 is 0 Å². The summed E-state index contributed by atoms with van der Waals surface area (Å²) in [5.41, 5.74) is 0.319. The van der Waals surface area contributed by atoms with Crippen LogP contribution in [-0.2, 0) is 14.3 Å². The molecule has 0 radical (unpaired) electrons. The van der Waals surface area contributed by atoms with Crippen LogP contribution >= 0.6 is 11.6 Å². The number of hydrogen-bond acceptors (Lipinski definition) is 3. The van der Waals surface area contributed by atoms with Gasteiger partial charge in [-0.2, -0.15) is 0 Å². The lowest BCUT2D eigenvalue weighted by Crippen LogP contribution is -2.47. The van der Waals surface area contributed by atoms with E-state index in [2.05, 4.69) is 10.6 Å². The van der Waals surface area contributed by atoms with Crippen LogP contribution in [0.5, 0.6) is 0 Å². The molecule has 1 unspecified atom stereocenters. The summed E-state index contributed by atoms with van der Waals surface area (Å²) in [5.74, 6) is -0.689. The number of amides is 2. The molecule has 1 saturated heterocycles. The van der Waals surface area contributed by atoms with Crippen molar-refractivity contribution in [2.75, 3.05) is 18.5 Å². The third-order valence-corrected chi connectivity index (χ3v) is 4.49. The Hall–Kier alpha value is -1.59. The van der Waals surface area contributed by atoms with E-state index in [4.69, 9.17) is 16.3 Å². The van der Waals surface area contributed by atoms with E-state index in [-0.39, 0.29) is 17.9 Å². The summed E-state index contributed by atoms with van der Waals surface area (Å²) in [6.45, 7) is 6.26. The van der Waals surface area contributed by atoms with Crippen LogP contribution in [0.3, 0.4) is 0 Å². The van der Waals surface area contributed by atoms with Crippen molar-refractivity contribution < 1.29 is 14.3 Å². The number of anilines is 1. The molecule has 0 saturated carbocycles. The summed E-state index contributed by atoms with van der Waals surface area (Å²) < 4.78 is 5.47. The van der Waals surface area contributed by atoms with Crippen molar-refractivity contribution in [1.82, 2.24) is 5.32 Å². The van der Waals surface area contributed by atoms with Crippen molar-refractivity contribution in [2.24, 2.45) is 5.41 Å². The van der Waals surface area contributed by atoms with E-state index in [0.717, 1.165) is 25.0 Å². The molecule has 0 bridgehead atoms. The Bertz CT molecular complexity index is 596. The summed E-state index contributed by atoms with van der Waals surface area (Å²) in [5, 5.41) is 6.12. The van der Waals surface area contributed by atoms with Crippen LogP contribution in [0.1, 0.15) is 32.3 Å². The number of halogens is 1. The lowest BCUT2D eigenvalue weighted by atomic mass is 9.90. The van der Waals surface area contributed by atoms with Crippen molar-refractivity contribution in [3.05, 3.63) is 28.8 Å². The van der Waals surface area contributed by atoms with Crippen molar-refractivity contribution in [3.63, 3.8) is 0 Å².